The van der Waals surface area contributed by atoms with Crippen molar-refractivity contribution in [3.05, 3.63) is 52.2 Å². The van der Waals surface area contributed by atoms with Gasteiger partial charge in [0.05, 0.1) is 5.56 Å². The molecule has 3 rings (SSSR count). The van der Waals surface area contributed by atoms with Gasteiger partial charge in [-0.3, -0.25) is 4.79 Å². The Morgan fingerprint density at radius 1 is 1.29 bits per heavy atom. The highest BCUT2D eigenvalue weighted by molar-refractivity contribution is 7.98. The Morgan fingerprint density at radius 2 is 2.10 bits per heavy atom. The average molecular weight is 317 g/mol. The van der Waals surface area contributed by atoms with Gasteiger partial charge in [-0.2, -0.15) is 0 Å². The van der Waals surface area contributed by atoms with E-state index >= 15 is 0 Å². The molecule has 1 aliphatic carbocycles. The van der Waals surface area contributed by atoms with Crippen LogP contribution in [0.5, 0.6) is 0 Å². The first kappa shape index (κ1) is 14.7. The predicted octanol–water partition coefficient (Wildman–Crippen LogP) is 4.32. The lowest BCUT2D eigenvalue weighted by Gasteiger charge is -2.23. The molecule has 0 N–H and O–H groups in total. The minimum atomic E-state index is 0.194. The summed E-state index contributed by atoms with van der Waals surface area (Å²) in [4.78, 5) is 17.4. The van der Waals surface area contributed by atoms with E-state index in [0.29, 0.717) is 6.04 Å². The predicted molar refractivity (Wildman–Crippen MR) is 90.3 cm³/mol. The van der Waals surface area contributed by atoms with Crippen LogP contribution in [0.1, 0.15) is 28.1 Å². The summed E-state index contributed by atoms with van der Waals surface area (Å²) in [5.74, 6) is 0.194. The van der Waals surface area contributed by atoms with Gasteiger partial charge in [0.15, 0.2) is 0 Å². The molecule has 1 saturated carbocycles. The van der Waals surface area contributed by atoms with Crippen LogP contribution in [-0.2, 0) is 6.42 Å². The third-order valence-electron chi connectivity index (χ3n) is 3.77. The Labute approximate surface area is 134 Å². The largest absolute Gasteiger partial charge is 0.335 e. The molecule has 0 aliphatic heterocycles. The van der Waals surface area contributed by atoms with Crippen molar-refractivity contribution in [2.45, 2.75) is 30.2 Å². The summed E-state index contributed by atoms with van der Waals surface area (Å²) in [6.45, 7) is 0.826. The second kappa shape index (κ2) is 6.67. The summed E-state index contributed by atoms with van der Waals surface area (Å²) in [5, 5.41) is 2.10. The van der Waals surface area contributed by atoms with Gasteiger partial charge in [-0.15, -0.1) is 23.1 Å². The number of hydrogen-bond acceptors (Lipinski definition) is 3. The number of thiophene rings is 1. The standard InChI is InChI=1S/C17H19NOS2/c1-20-16-7-3-2-6-15(16)17(19)18(13-8-9-13)11-10-14-5-4-12-21-14/h2-7,12-13H,8-11H2,1H3. The van der Waals surface area contributed by atoms with Gasteiger partial charge in [0, 0.05) is 22.4 Å². The van der Waals surface area contributed by atoms with E-state index in [9.17, 15) is 4.79 Å². The Hall–Kier alpha value is -1.26. The maximum absolute atomic E-state index is 12.9. The maximum atomic E-state index is 12.9. The fourth-order valence-corrected chi connectivity index (χ4v) is 3.79. The van der Waals surface area contributed by atoms with Crippen LogP contribution in [0.4, 0.5) is 0 Å². The van der Waals surface area contributed by atoms with Crippen LogP contribution in [0.25, 0.3) is 0 Å². The normalized spacial score (nSPS) is 14.1. The van der Waals surface area contributed by atoms with Crippen LogP contribution in [0.15, 0.2) is 46.7 Å². The fourth-order valence-electron chi connectivity index (χ4n) is 2.50. The molecule has 4 heteroatoms. The number of thioether (sulfide) groups is 1. The quantitative estimate of drug-likeness (QED) is 0.740. The number of carbonyl (C=O) groups is 1. The van der Waals surface area contributed by atoms with E-state index in [4.69, 9.17) is 0 Å². The molecule has 2 aromatic rings. The van der Waals surface area contributed by atoms with Gasteiger partial charge in [0.25, 0.3) is 5.91 Å². The molecule has 1 aliphatic rings. The molecule has 1 amide bonds. The van der Waals surface area contributed by atoms with Crippen molar-refractivity contribution in [3.8, 4) is 0 Å². The Kier molecular flexibility index (Phi) is 4.66. The molecule has 0 bridgehead atoms. The zero-order valence-corrected chi connectivity index (χ0v) is 13.8. The van der Waals surface area contributed by atoms with E-state index < -0.39 is 0 Å². The Balaban J connectivity index is 1.75. The van der Waals surface area contributed by atoms with Gasteiger partial charge in [-0.05, 0) is 49.1 Å². The number of benzene rings is 1. The molecule has 1 aromatic heterocycles. The molecular formula is C17H19NOS2. The van der Waals surface area contributed by atoms with Crippen LogP contribution in [0, 0.1) is 0 Å². The van der Waals surface area contributed by atoms with Crippen molar-refractivity contribution in [1.82, 2.24) is 4.90 Å². The minimum Gasteiger partial charge on any atom is -0.335 e. The molecule has 2 nitrogen and oxygen atoms in total. The van der Waals surface area contributed by atoms with Gasteiger partial charge in [0.1, 0.15) is 0 Å². The summed E-state index contributed by atoms with van der Waals surface area (Å²) in [7, 11) is 0. The molecular weight excluding hydrogens is 298 g/mol. The highest BCUT2D eigenvalue weighted by atomic mass is 32.2. The molecule has 0 atom stereocenters. The van der Waals surface area contributed by atoms with Crippen molar-refractivity contribution in [2.75, 3.05) is 12.8 Å². The van der Waals surface area contributed by atoms with E-state index in [1.807, 2.05) is 30.5 Å². The number of carbonyl (C=O) groups excluding carboxylic acids is 1. The molecule has 1 aromatic carbocycles. The summed E-state index contributed by atoms with van der Waals surface area (Å²) in [6, 6.07) is 12.6. The number of rotatable bonds is 6. The first-order valence-electron chi connectivity index (χ1n) is 7.26. The maximum Gasteiger partial charge on any atom is 0.255 e. The molecule has 0 saturated heterocycles. The summed E-state index contributed by atoms with van der Waals surface area (Å²) in [5.41, 5.74) is 0.850. The zero-order valence-electron chi connectivity index (χ0n) is 12.1. The monoisotopic (exact) mass is 317 g/mol. The van der Waals surface area contributed by atoms with Crippen molar-refractivity contribution in [2.24, 2.45) is 0 Å². The van der Waals surface area contributed by atoms with Crippen LogP contribution in [0.2, 0.25) is 0 Å². The van der Waals surface area contributed by atoms with E-state index in [1.54, 1.807) is 23.1 Å². The fraction of sp³-hybridized carbons (Fsp3) is 0.353. The molecule has 1 heterocycles. The van der Waals surface area contributed by atoms with E-state index in [1.165, 1.54) is 4.88 Å². The number of amides is 1. The van der Waals surface area contributed by atoms with Crippen LogP contribution in [0.3, 0.4) is 0 Å². The van der Waals surface area contributed by atoms with Gasteiger partial charge in [0.2, 0.25) is 0 Å². The summed E-state index contributed by atoms with van der Waals surface area (Å²) in [6.07, 6.45) is 5.29. The van der Waals surface area contributed by atoms with Crippen molar-refractivity contribution < 1.29 is 4.79 Å². The van der Waals surface area contributed by atoms with Gasteiger partial charge in [-0.1, -0.05) is 18.2 Å². The number of hydrogen-bond donors (Lipinski definition) is 0. The van der Waals surface area contributed by atoms with Crippen molar-refractivity contribution in [3.63, 3.8) is 0 Å². The SMILES string of the molecule is CSc1ccccc1C(=O)N(CCc1cccs1)C1CC1. The van der Waals surface area contributed by atoms with Crippen LogP contribution >= 0.6 is 23.1 Å². The highest BCUT2D eigenvalue weighted by Gasteiger charge is 2.33. The topological polar surface area (TPSA) is 20.3 Å². The molecule has 21 heavy (non-hydrogen) atoms. The van der Waals surface area contributed by atoms with E-state index in [0.717, 1.165) is 36.3 Å². The third-order valence-corrected chi connectivity index (χ3v) is 5.50. The molecule has 1 fully saturated rings. The lowest BCUT2D eigenvalue weighted by Crippen LogP contribution is -2.35. The van der Waals surface area contributed by atoms with Crippen molar-refractivity contribution in [1.29, 1.82) is 0 Å². The third kappa shape index (κ3) is 3.50. The molecule has 0 radical (unpaired) electrons. The summed E-state index contributed by atoms with van der Waals surface area (Å²) < 4.78 is 0. The Morgan fingerprint density at radius 3 is 2.76 bits per heavy atom. The van der Waals surface area contributed by atoms with Gasteiger partial charge < -0.3 is 4.90 Å². The van der Waals surface area contributed by atoms with Crippen LogP contribution < -0.4 is 0 Å². The smallest absolute Gasteiger partial charge is 0.255 e. The van der Waals surface area contributed by atoms with Gasteiger partial charge in [-0.25, -0.2) is 0 Å². The lowest BCUT2D eigenvalue weighted by molar-refractivity contribution is 0.0742. The zero-order chi connectivity index (χ0) is 14.7. The minimum absolute atomic E-state index is 0.194. The van der Waals surface area contributed by atoms with Crippen molar-refractivity contribution >= 4 is 29.0 Å². The van der Waals surface area contributed by atoms with E-state index in [-0.39, 0.29) is 5.91 Å². The molecule has 0 unspecified atom stereocenters. The molecule has 0 spiro atoms. The van der Waals surface area contributed by atoms with E-state index in [2.05, 4.69) is 22.4 Å². The van der Waals surface area contributed by atoms with Gasteiger partial charge >= 0.3 is 0 Å². The average Bonchev–Trinajstić information content (AvgIpc) is 3.22. The highest BCUT2D eigenvalue weighted by Crippen LogP contribution is 2.30. The second-order valence-electron chi connectivity index (χ2n) is 5.26. The molecule has 110 valence electrons. The summed E-state index contributed by atoms with van der Waals surface area (Å²) >= 11 is 3.41. The number of nitrogens with zero attached hydrogens (tertiary/aromatic N) is 1. The lowest BCUT2D eigenvalue weighted by atomic mass is 10.2. The second-order valence-corrected chi connectivity index (χ2v) is 7.14. The Bertz CT molecular complexity index is 605. The first-order valence-corrected chi connectivity index (χ1v) is 9.36. The first-order chi connectivity index (χ1) is 10.3. The van der Waals surface area contributed by atoms with Crippen LogP contribution in [-0.4, -0.2) is 29.6 Å².